The van der Waals surface area contributed by atoms with E-state index in [4.69, 9.17) is 0 Å². The van der Waals surface area contributed by atoms with Crippen molar-refractivity contribution in [2.45, 2.75) is 178 Å². The van der Waals surface area contributed by atoms with Gasteiger partial charge in [-0.2, -0.15) is 0 Å². The Morgan fingerprint density at radius 1 is 0.469 bits per heavy atom. The zero-order valence-electron chi connectivity index (χ0n) is 22.7. The first-order valence-electron chi connectivity index (χ1n) is 15.2. The normalized spacial score (nSPS) is 28.9. The van der Waals surface area contributed by atoms with Crippen LogP contribution in [0.25, 0.3) is 0 Å². The van der Waals surface area contributed by atoms with Crippen LogP contribution in [0.1, 0.15) is 163 Å². The van der Waals surface area contributed by atoms with Crippen molar-refractivity contribution in [2.24, 2.45) is 0 Å². The third-order valence-corrected chi connectivity index (χ3v) is 19.3. The molecule has 0 nitrogen and oxygen atoms in total. The van der Waals surface area contributed by atoms with Crippen LogP contribution in [0.4, 0.5) is 0 Å². The van der Waals surface area contributed by atoms with Gasteiger partial charge in [-0.3, -0.25) is 0 Å². The smallest absolute Gasteiger partial charge is 0.0116 e. The van der Waals surface area contributed by atoms with Gasteiger partial charge in [0.2, 0.25) is 0 Å². The third-order valence-electron chi connectivity index (χ3n) is 9.83. The van der Waals surface area contributed by atoms with Crippen molar-refractivity contribution >= 4 is 15.8 Å². The van der Waals surface area contributed by atoms with Gasteiger partial charge in [-0.05, 0) is 86.8 Å². The predicted octanol–water partition coefficient (Wildman–Crippen LogP) is 11.4. The zero-order valence-corrected chi connectivity index (χ0v) is 24.4. The van der Waals surface area contributed by atoms with Crippen molar-refractivity contribution in [1.82, 2.24) is 0 Å². The SMILES string of the molecule is CCCCC1(CCCC)CCCP1C1(P2CCCC2(CCCC)CCCC)CCCCC1. The van der Waals surface area contributed by atoms with Gasteiger partial charge in [0.15, 0.2) is 0 Å². The lowest BCUT2D eigenvalue weighted by molar-refractivity contribution is 0.412. The molecule has 188 valence electrons. The van der Waals surface area contributed by atoms with E-state index in [-0.39, 0.29) is 15.8 Å². The number of unbranched alkanes of at least 4 members (excludes halogenated alkanes) is 4. The molecule has 1 saturated carbocycles. The molecule has 0 radical (unpaired) electrons. The van der Waals surface area contributed by atoms with Crippen LogP contribution in [0, 0.1) is 0 Å². The van der Waals surface area contributed by atoms with E-state index in [1.165, 1.54) is 51.4 Å². The Kier molecular flexibility index (Phi) is 11.4. The highest BCUT2D eigenvalue weighted by molar-refractivity contribution is 7.79. The number of hydrogen-bond donors (Lipinski definition) is 0. The second-order valence-electron chi connectivity index (χ2n) is 11.9. The summed E-state index contributed by atoms with van der Waals surface area (Å²) in [5, 5.41) is 1.57. The minimum atomic E-state index is 0.211. The molecule has 2 atom stereocenters. The molecule has 2 saturated heterocycles. The van der Waals surface area contributed by atoms with Crippen molar-refractivity contribution in [2.75, 3.05) is 12.3 Å². The van der Waals surface area contributed by atoms with E-state index in [1.807, 2.05) is 0 Å². The van der Waals surface area contributed by atoms with Gasteiger partial charge in [-0.1, -0.05) is 114 Å². The van der Waals surface area contributed by atoms with Crippen LogP contribution in [-0.4, -0.2) is 27.5 Å². The highest BCUT2D eigenvalue weighted by Gasteiger charge is 2.60. The van der Waals surface area contributed by atoms with Crippen LogP contribution < -0.4 is 0 Å². The van der Waals surface area contributed by atoms with Gasteiger partial charge in [0.05, 0.1) is 0 Å². The van der Waals surface area contributed by atoms with Gasteiger partial charge >= 0.3 is 0 Å². The molecule has 0 amide bonds. The highest BCUT2D eigenvalue weighted by Crippen LogP contribution is 2.85. The summed E-state index contributed by atoms with van der Waals surface area (Å²) in [4.78, 5) is 0.832. The summed E-state index contributed by atoms with van der Waals surface area (Å²) in [5.74, 6) is 0. The van der Waals surface area contributed by atoms with Crippen LogP contribution in [0.2, 0.25) is 0 Å². The molecule has 0 N–H and O–H groups in total. The van der Waals surface area contributed by atoms with E-state index in [0.717, 1.165) is 15.2 Å². The molecular weight excluding hydrogens is 422 g/mol. The van der Waals surface area contributed by atoms with Gasteiger partial charge in [-0.25, -0.2) is 0 Å². The minimum absolute atomic E-state index is 0.211. The lowest BCUT2D eigenvalue weighted by atomic mass is 9.91. The summed E-state index contributed by atoms with van der Waals surface area (Å²) >= 11 is 0. The molecule has 0 aromatic carbocycles. The average molecular weight is 481 g/mol. The highest BCUT2D eigenvalue weighted by atomic mass is 31.2. The van der Waals surface area contributed by atoms with Gasteiger partial charge in [0.1, 0.15) is 0 Å². The van der Waals surface area contributed by atoms with Crippen molar-refractivity contribution in [1.29, 1.82) is 0 Å². The first-order chi connectivity index (χ1) is 15.6. The molecule has 3 rings (SSSR count). The summed E-state index contributed by atoms with van der Waals surface area (Å²) in [7, 11) is 0.422. The van der Waals surface area contributed by atoms with E-state index in [1.54, 1.807) is 95.8 Å². The van der Waals surface area contributed by atoms with Gasteiger partial charge in [0, 0.05) is 4.90 Å². The third kappa shape index (κ3) is 5.80. The second kappa shape index (κ2) is 13.2. The van der Waals surface area contributed by atoms with Gasteiger partial charge < -0.3 is 0 Å². The first kappa shape index (κ1) is 27.4. The molecule has 0 aromatic heterocycles. The molecular formula is C30H58P2. The molecule has 2 unspecified atom stereocenters. The summed E-state index contributed by atoms with van der Waals surface area (Å²) in [6, 6.07) is 0. The van der Waals surface area contributed by atoms with Crippen LogP contribution in [0.15, 0.2) is 0 Å². The van der Waals surface area contributed by atoms with E-state index in [0.29, 0.717) is 0 Å². The Bertz CT molecular complexity index is 465. The van der Waals surface area contributed by atoms with Crippen molar-refractivity contribution in [3.8, 4) is 0 Å². The Hall–Kier alpha value is 0.860. The predicted molar refractivity (Wildman–Crippen MR) is 151 cm³/mol. The molecule has 3 fully saturated rings. The number of rotatable bonds is 14. The fourth-order valence-corrected chi connectivity index (χ4v) is 20.1. The maximum atomic E-state index is 2.45. The molecule has 3 aliphatic rings. The maximum Gasteiger partial charge on any atom is 0.0116 e. The average Bonchev–Trinajstić information content (AvgIpc) is 3.45. The molecule has 0 aromatic rings. The fourth-order valence-electron chi connectivity index (χ4n) is 8.29. The van der Waals surface area contributed by atoms with Crippen LogP contribution in [0.5, 0.6) is 0 Å². The lowest BCUT2D eigenvalue weighted by Gasteiger charge is -2.58. The summed E-state index contributed by atoms with van der Waals surface area (Å²) in [6.07, 6.45) is 35.8. The Morgan fingerprint density at radius 2 is 0.844 bits per heavy atom. The van der Waals surface area contributed by atoms with E-state index in [9.17, 15) is 0 Å². The molecule has 0 bridgehead atoms. The van der Waals surface area contributed by atoms with Crippen LogP contribution >= 0.6 is 15.8 Å². The molecule has 2 aliphatic heterocycles. The monoisotopic (exact) mass is 480 g/mol. The topological polar surface area (TPSA) is 0 Å². The standard InChI is InChI=1S/C30H58P2/c1-5-9-18-28(19-10-6-2)22-16-26-31(28)30(24-14-13-15-25-30)32-27-17-23-29(32,20-11-7-3)21-12-8-4/h5-27H2,1-4H3. The van der Waals surface area contributed by atoms with E-state index >= 15 is 0 Å². The molecule has 2 heterocycles. The summed E-state index contributed by atoms with van der Waals surface area (Å²) < 4.78 is 0. The molecule has 2 heteroatoms. The largest absolute Gasteiger partial charge is 0.0895 e. The van der Waals surface area contributed by atoms with Crippen molar-refractivity contribution < 1.29 is 0 Å². The van der Waals surface area contributed by atoms with E-state index in [2.05, 4.69) is 27.7 Å². The van der Waals surface area contributed by atoms with E-state index < -0.39 is 0 Å². The maximum absolute atomic E-state index is 2.45. The lowest BCUT2D eigenvalue weighted by Crippen LogP contribution is -2.41. The first-order valence-corrected chi connectivity index (χ1v) is 18.2. The Balaban J connectivity index is 2.00. The molecule has 0 spiro atoms. The van der Waals surface area contributed by atoms with Crippen LogP contribution in [0.3, 0.4) is 0 Å². The molecule has 32 heavy (non-hydrogen) atoms. The van der Waals surface area contributed by atoms with Gasteiger partial charge in [0.25, 0.3) is 0 Å². The zero-order chi connectivity index (χ0) is 22.9. The van der Waals surface area contributed by atoms with Crippen molar-refractivity contribution in [3.05, 3.63) is 0 Å². The summed E-state index contributed by atoms with van der Waals surface area (Å²) in [5.41, 5.74) is 0. The minimum Gasteiger partial charge on any atom is -0.0895 e. The second-order valence-corrected chi connectivity index (χ2v) is 18.5. The fraction of sp³-hybridized carbons (Fsp3) is 1.00. The van der Waals surface area contributed by atoms with Crippen molar-refractivity contribution in [3.63, 3.8) is 0 Å². The Labute approximate surface area is 205 Å². The van der Waals surface area contributed by atoms with Gasteiger partial charge in [-0.15, -0.1) is 0 Å². The summed E-state index contributed by atoms with van der Waals surface area (Å²) in [6.45, 7) is 9.79. The molecule has 1 aliphatic carbocycles. The quantitative estimate of drug-likeness (QED) is 0.217. The van der Waals surface area contributed by atoms with Crippen LogP contribution in [-0.2, 0) is 0 Å². The number of hydrogen-bond acceptors (Lipinski definition) is 0. The Morgan fingerprint density at radius 3 is 1.19 bits per heavy atom.